The largest absolute Gasteiger partial charge is 0.378 e. The molecular formula is C19H22N4O3. The molecule has 0 atom stereocenters. The van der Waals surface area contributed by atoms with Crippen LogP contribution in [0.5, 0.6) is 0 Å². The monoisotopic (exact) mass is 354 g/mol. The molecule has 0 bridgehead atoms. The first-order valence-corrected chi connectivity index (χ1v) is 8.55. The minimum Gasteiger partial charge on any atom is -0.378 e. The topological polar surface area (TPSA) is 88.8 Å². The summed E-state index contributed by atoms with van der Waals surface area (Å²) in [5.74, 6) is -0.106. The van der Waals surface area contributed by atoms with Gasteiger partial charge in [-0.15, -0.1) is 0 Å². The lowest BCUT2D eigenvalue weighted by molar-refractivity contribution is 0.0548. The van der Waals surface area contributed by atoms with E-state index >= 15 is 0 Å². The predicted octanol–water partition coefficient (Wildman–Crippen LogP) is 1.68. The lowest BCUT2D eigenvalue weighted by atomic mass is 10.1. The van der Waals surface area contributed by atoms with Gasteiger partial charge in [0.15, 0.2) is 5.78 Å². The van der Waals surface area contributed by atoms with Gasteiger partial charge in [-0.25, -0.2) is 4.79 Å². The fraction of sp³-hybridized carbons (Fsp3) is 0.316. The van der Waals surface area contributed by atoms with E-state index in [1.165, 1.54) is 0 Å². The van der Waals surface area contributed by atoms with Crippen LogP contribution in [0.1, 0.15) is 15.9 Å². The Labute approximate surface area is 152 Å². The van der Waals surface area contributed by atoms with Crippen molar-refractivity contribution in [3.63, 3.8) is 0 Å². The Morgan fingerprint density at radius 2 is 1.88 bits per heavy atom. The van der Waals surface area contributed by atoms with Crippen molar-refractivity contribution in [2.24, 2.45) is 5.73 Å². The van der Waals surface area contributed by atoms with E-state index in [-0.39, 0.29) is 18.4 Å². The van der Waals surface area contributed by atoms with E-state index < -0.39 is 0 Å². The molecule has 1 saturated heterocycles. The number of nitrogens with zero attached hydrogens (tertiary/aromatic N) is 3. The zero-order valence-corrected chi connectivity index (χ0v) is 14.5. The van der Waals surface area contributed by atoms with Crippen LogP contribution in [0, 0.1) is 0 Å². The van der Waals surface area contributed by atoms with E-state index in [0.29, 0.717) is 38.4 Å². The van der Waals surface area contributed by atoms with Crippen LogP contribution >= 0.6 is 0 Å². The Kier molecular flexibility index (Phi) is 5.93. The highest BCUT2D eigenvalue weighted by Gasteiger charge is 2.24. The molecule has 0 aliphatic carbocycles. The second-order valence-electron chi connectivity index (χ2n) is 6.00. The SMILES string of the molecule is NCC(=O)c1ccc(CN(C(=O)N2CCOCC2)c2cccnc2)cc1. The minimum atomic E-state index is -0.106. The Balaban J connectivity index is 1.81. The number of ether oxygens (including phenoxy) is 1. The fourth-order valence-corrected chi connectivity index (χ4v) is 2.80. The van der Waals surface area contributed by atoms with Gasteiger partial charge >= 0.3 is 6.03 Å². The number of ketones is 1. The van der Waals surface area contributed by atoms with Crippen LogP contribution < -0.4 is 10.6 Å². The summed E-state index contributed by atoms with van der Waals surface area (Å²) in [7, 11) is 0. The molecular weight excluding hydrogens is 332 g/mol. The molecule has 0 saturated carbocycles. The van der Waals surface area contributed by atoms with Crippen molar-refractivity contribution in [3.8, 4) is 0 Å². The number of hydrogen-bond donors (Lipinski definition) is 1. The normalized spacial score (nSPS) is 14.1. The van der Waals surface area contributed by atoms with Gasteiger partial charge in [-0.2, -0.15) is 0 Å². The highest BCUT2D eigenvalue weighted by molar-refractivity contribution is 5.97. The third kappa shape index (κ3) is 4.25. The van der Waals surface area contributed by atoms with E-state index in [9.17, 15) is 9.59 Å². The van der Waals surface area contributed by atoms with Gasteiger partial charge in [0.05, 0.1) is 38.2 Å². The smallest absolute Gasteiger partial charge is 0.325 e. The number of rotatable bonds is 5. The average Bonchev–Trinajstić information content (AvgIpc) is 2.72. The molecule has 7 nitrogen and oxygen atoms in total. The molecule has 0 radical (unpaired) electrons. The summed E-state index contributed by atoms with van der Waals surface area (Å²) in [5.41, 5.74) is 7.62. The minimum absolute atomic E-state index is 0.0172. The standard InChI is InChI=1S/C19H22N4O3/c20-12-18(24)16-5-3-15(4-6-16)14-23(17-2-1-7-21-13-17)19(25)22-8-10-26-11-9-22/h1-7,13H,8-12,14,20H2. The molecule has 1 aliphatic heterocycles. The van der Waals surface area contributed by atoms with Gasteiger partial charge in [0.1, 0.15) is 0 Å². The fourth-order valence-electron chi connectivity index (χ4n) is 2.80. The molecule has 26 heavy (non-hydrogen) atoms. The van der Waals surface area contributed by atoms with Crippen LogP contribution in [0.15, 0.2) is 48.8 Å². The summed E-state index contributed by atoms with van der Waals surface area (Å²) < 4.78 is 5.33. The van der Waals surface area contributed by atoms with Gasteiger partial charge in [0, 0.05) is 24.8 Å². The summed E-state index contributed by atoms with van der Waals surface area (Å²) in [6.45, 7) is 2.60. The number of urea groups is 1. The number of anilines is 1. The molecule has 0 spiro atoms. The molecule has 2 heterocycles. The molecule has 1 fully saturated rings. The van der Waals surface area contributed by atoms with Gasteiger partial charge in [-0.05, 0) is 17.7 Å². The van der Waals surface area contributed by atoms with Crippen molar-refractivity contribution >= 4 is 17.5 Å². The maximum atomic E-state index is 13.0. The number of nitrogens with two attached hydrogens (primary N) is 1. The number of benzene rings is 1. The number of carbonyl (C=O) groups is 2. The van der Waals surface area contributed by atoms with Crippen molar-refractivity contribution in [3.05, 3.63) is 59.9 Å². The molecule has 136 valence electrons. The van der Waals surface area contributed by atoms with Crippen molar-refractivity contribution in [2.45, 2.75) is 6.54 Å². The zero-order chi connectivity index (χ0) is 18.4. The summed E-state index contributed by atoms with van der Waals surface area (Å²) in [4.78, 5) is 32.3. The molecule has 0 unspecified atom stereocenters. The Bertz CT molecular complexity index is 743. The number of morpholine rings is 1. The van der Waals surface area contributed by atoms with Crippen molar-refractivity contribution in [2.75, 3.05) is 37.7 Å². The average molecular weight is 354 g/mol. The van der Waals surface area contributed by atoms with Crippen LogP contribution in [-0.2, 0) is 11.3 Å². The highest BCUT2D eigenvalue weighted by Crippen LogP contribution is 2.19. The van der Waals surface area contributed by atoms with Gasteiger partial charge in [-0.1, -0.05) is 24.3 Å². The van der Waals surface area contributed by atoms with Crippen LogP contribution in [0.4, 0.5) is 10.5 Å². The van der Waals surface area contributed by atoms with Crippen LogP contribution in [-0.4, -0.2) is 54.5 Å². The van der Waals surface area contributed by atoms with E-state index in [4.69, 9.17) is 10.5 Å². The van der Waals surface area contributed by atoms with E-state index in [1.807, 2.05) is 18.2 Å². The van der Waals surface area contributed by atoms with Crippen molar-refractivity contribution in [1.82, 2.24) is 9.88 Å². The van der Waals surface area contributed by atoms with Crippen LogP contribution in [0.25, 0.3) is 0 Å². The summed E-state index contributed by atoms with van der Waals surface area (Å²) in [6.07, 6.45) is 3.35. The predicted molar refractivity (Wildman–Crippen MR) is 98.0 cm³/mol. The Morgan fingerprint density at radius 1 is 1.15 bits per heavy atom. The molecule has 2 amide bonds. The van der Waals surface area contributed by atoms with Gasteiger partial charge < -0.3 is 15.4 Å². The maximum Gasteiger partial charge on any atom is 0.325 e. The molecule has 3 rings (SSSR count). The lowest BCUT2D eigenvalue weighted by Crippen LogP contribution is -2.48. The quantitative estimate of drug-likeness (QED) is 0.825. The maximum absolute atomic E-state index is 13.0. The number of pyridine rings is 1. The van der Waals surface area contributed by atoms with E-state index in [0.717, 1.165) is 11.3 Å². The number of aromatic nitrogens is 1. The number of hydrogen-bond acceptors (Lipinski definition) is 5. The summed E-state index contributed by atoms with van der Waals surface area (Å²) >= 11 is 0. The summed E-state index contributed by atoms with van der Waals surface area (Å²) in [6, 6.07) is 10.8. The Morgan fingerprint density at radius 3 is 2.50 bits per heavy atom. The number of Topliss-reactive ketones (excluding diaryl/α,β-unsaturated/α-hetero) is 1. The first-order chi connectivity index (χ1) is 12.7. The third-order valence-electron chi connectivity index (χ3n) is 4.27. The van der Waals surface area contributed by atoms with Crippen molar-refractivity contribution < 1.29 is 14.3 Å². The number of amides is 2. The molecule has 7 heteroatoms. The van der Waals surface area contributed by atoms with Crippen LogP contribution in [0.2, 0.25) is 0 Å². The van der Waals surface area contributed by atoms with Crippen molar-refractivity contribution in [1.29, 1.82) is 0 Å². The Hall–Kier alpha value is -2.77. The number of carbonyl (C=O) groups excluding carboxylic acids is 2. The van der Waals surface area contributed by atoms with Gasteiger partial charge in [0.25, 0.3) is 0 Å². The summed E-state index contributed by atoms with van der Waals surface area (Å²) in [5, 5.41) is 0. The van der Waals surface area contributed by atoms with E-state index in [1.54, 1.807) is 40.4 Å². The highest BCUT2D eigenvalue weighted by atomic mass is 16.5. The first kappa shape index (κ1) is 18.0. The van der Waals surface area contributed by atoms with E-state index in [2.05, 4.69) is 4.98 Å². The molecule has 1 aromatic heterocycles. The third-order valence-corrected chi connectivity index (χ3v) is 4.27. The van der Waals surface area contributed by atoms with Gasteiger partial charge in [0.2, 0.25) is 0 Å². The van der Waals surface area contributed by atoms with Crippen LogP contribution in [0.3, 0.4) is 0 Å². The second kappa shape index (κ2) is 8.55. The second-order valence-corrected chi connectivity index (χ2v) is 6.00. The molecule has 2 N–H and O–H groups in total. The van der Waals surface area contributed by atoms with Gasteiger partial charge in [-0.3, -0.25) is 14.7 Å². The lowest BCUT2D eigenvalue weighted by Gasteiger charge is -2.33. The molecule has 1 aliphatic rings. The zero-order valence-electron chi connectivity index (χ0n) is 14.5. The molecule has 2 aromatic rings. The molecule has 1 aromatic carbocycles. The first-order valence-electron chi connectivity index (χ1n) is 8.55.